The van der Waals surface area contributed by atoms with Gasteiger partial charge in [-0.05, 0) is 165 Å². The van der Waals surface area contributed by atoms with Crippen LogP contribution in [0.15, 0.2) is 78.0 Å². The molecule has 2 unspecified atom stereocenters. The highest BCUT2D eigenvalue weighted by Crippen LogP contribution is 2.53. The Hall–Kier alpha value is -3.90. The van der Waals surface area contributed by atoms with Crippen LogP contribution in [0.5, 0.6) is 34.5 Å². The van der Waals surface area contributed by atoms with E-state index in [2.05, 4.69) is 29.4 Å². The third-order valence-corrected chi connectivity index (χ3v) is 14.3. The van der Waals surface area contributed by atoms with Crippen LogP contribution in [-0.2, 0) is 0 Å². The molecule has 0 aliphatic heterocycles. The third-order valence-electron chi connectivity index (χ3n) is 13.1. The van der Waals surface area contributed by atoms with Crippen molar-refractivity contribution in [2.75, 3.05) is 0 Å². The van der Waals surface area contributed by atoms with Gasteiger partial charge in [-0.1, -0.05) is 70.3 Å². The molecule has 0 spiro atoms. The van der Waals surface area contributed by atoms with Crippen LogP contribution in [0.1, 0.15) is 163 Å². The molecule has 0 radical (unpaired) electrons. The molecule has 2 N–H and O–H groups in total. The second-order valence-corrected chi connectivity index (χ2v) is 18.2. The Morgan fingerprint density at radius 3 is 1.46 bits per heavy atom. The predicted molar refractivity (Wildman–Crippen MR) is 239 cm³/mol. The molecule has 59 heavy (non-hydrogen) atoms. The van der Waals surface area contributed by atoms with Crippen molar-refractivity contribution in [3.8, 4) is 45.6 Å². The Morgan fingerprint density at radius 2 is 0.932 bits per heavy atom. The lowest BCUT2D eigenvalue weighted by atomic mass is 9.77. The number of nitroso groups, excluding NO2 is 1. The van der Waals surface area contributed by atoms with Gasteiger partial charge in [0, 0.05) is 16.7 Å². The molecular formula is C48H60N2O7P2. The summed E-state index contributed by atoms with van der Waals surface area (Å²) in [5.74, 6) is 11.1. The summed E-state index contributed by atoms with van der Waals surface area (Å²) in [5, 5.41) is 3.06. The van der Waals surface area contributed by atoms with Gasteiger partial charge in [0.15, 0.2) is 0 Å². The average molecular weight is 839 g/mol. The van der Waals surface area contributed by atoms with Gasteiger partial charge in [0.25, 0.3) is 18.1 Å². The van der Waals surface area contributed by atoms with Crippen molar-refractivity contribution >= 4 is 23.8 Å². The van der Waals surface area contributed by atoms with Crippen molar-refractivity contribution in [3.63, 3.8) is 0 Å². The van der Waals surface area contributed by atoms with Crippen molar-refractivity contribution in [2.45, 2.75) is 152 Å². The van der Waals surface area contributed by atoms with Gasteiger partial charge in [-0.15, -0.1) is 4.91 Å². The summed E-state index contributed by atoms with van der Waals surface area (Å²) in [4.78, 5) is 16.0. The Labute approximate surface area is 353 Å². The molecule has 0 amide bonds. The van der Waals surface area contributed by atoms with E-state index in [0.29, 0.717) is 40.7 Å². The Kier molecular flexibility index (Phi) is 14.9. The van der Waals surface area contributed by atoms with E-state index in [4.69, 9.17) is 33.6 Å². The van der Waals surface area contributed by atoms with Crippen molar-refractivity contribution in [2.24, 2.45) is 11.1 Å². The van der Waals surface area contributed by atoms with Crippen molar-refractivity contribution in [3.05, 3.63) is 94.4 Å². The van der Waals surface area contributed by atoms with Crippen molar-refractivity contribution < 1.29 is 27.7 Å². The van der Waals surface area contributed by atoms with E-state index in [0.717, 1.165) is 66.9 Å². The topological polar surface area (TPSA) is 111 Å². The maximum Gasteiger partial charge on any atom is 0.275 e. The van der Waals surface area contributed by atoms with Gasteiger partial charge in [0.05, 0.1) is 6.10 Å². The zero-order valence-electron chi connectivity index (χ0n) is 34.3. The molecule has 0 saturated heterocycles. The molecule has 4 aliphatic carbocycles. The van der Waals surface area contributed by atoms with Gasteiger partial charge in [0.1, 0.15) is 40.2 Å². The molecule has 0 aromatic heterocycles. The minimum Gasteiger partial charge on any atom is -0.490 e. The van der Waals surface area contributed by atoms with Crippen LogP contribution in [0.4, 0.5) is 5.69 Å². The SMILES string of the molecule is NOc1ccc(OPOc2c(-c3cc(C4CCCCC4)cc(C4CCCCC4)c3OPOc3ccc(N=O)cc3)cc(OC3CCCCC3)cc2C2CCCCC2)cc1. The smallest absolute Gasteiger partial charge is 0.275 e. The zero-order valence-corrected chi connectivity index (χ0v) is 36.3. The highest BCUT2D eigenvalue weighted by Gasteiger charge is 2.31. The van der Waals surface area contributed by atoms with E-state index in [1.807, 2.05) is 12.1 Å². The van der Waals surface area contributed by atoms with Gasteiger partial charge in [-0.2, -0.15) is 5.90 Å². The van der Waals surface area contributed by atoms with Crippen molar-refractivity contribution in [1.82, 2.24) is 0 Å². The molecule has 2 atom stereocenters. The lowest BCUT2D eigenvalue weighted by molar-refractivity contribution is 0.155. The Balaban J connectivity index is 1.27. The van der Waals surface area contributed by atoms with Crippen LogP contribution < -0.4 is 33.6 Å². The largest absolute Gasteiger partial charge is 0.490 e. The fourth-order valence-corrected chi connectivity index (χ4v) is 11.0. The molecule has 9 nitrogen and oxygen atoms in total. The summed E-state index contributed by atoms with van der Waals surface area (Å²) < 4.78 is 33.5. The number of ether oxygens (including phenoxy) is 1. The van der Waals surface area contributed by atoms with E-state index in [1.54, 1.807) is 36.4 Å². The van der Waals surface area contributed by atoms with Crippen molar-refractivity contribution in [1.29, 1.82) is 0 Å². The summed E-state index contributed by atoms with van der Waals surface area (Å²) in [7, 11) is -0.590. The second-order valence-electron chi connectivity index (χ2n) is 17.0. The zero-order chi connectivity index (χ0) is 40.2. The molecule has 4 aromatic rings. The van der Waals surface area contributed by atoms with Crippen LogP contribution in [0.25, 0.3) is 11.1 Å². The molecule has 4 aromatic carbocycles. The minimum absolute atomic E-state index is 0.200. The molecule has 8 rings (SSSR count). The minimum atomic E-state index is -0.303. The first kappa shape index (κ1) is 41.8. The summed E-state index contributed by atoms with van der Waals surface area (Å²) in [6, 6.07) is 23.6. The predicted octanol–water partition coefficient (Wildman–Crippen LogP) is 14.8. The number of hydrogen-bond acceptors (Lipinski definition) is 9. The first-order valence-corrected chi connectivity index (χ1v) is 23.9. The van der Waals surface area contributed by atoms with Crippen LogP contribution >= 0.6 is 18.1 Å². The number of hydrogen-bond donors (Lipinski definition) is 1. The monoisotopic (exact) mass is 838 g/mol. The lowest BCUT2D eigenvalue weighted by Gasteiger charge is -2.31. The van der Waals surface area contributed by atoms with E-state index in [1.165, 1.54) is 107 Å². The summed E-state index contributed by atoms with van der Waals surface area (Å²) in [5.41, 5.74) is 6.29. The van der Waals surface area contributed by atoms with Gasteiger partial charge >= 0.3 is 0 Å². The first-order valence-electron chi connectivity index (χ1n) is 22.3. The fraction of sp³-hybridized carbons (Fsp3) is 0.500. The first-order chi connectivity index (χ1) is 29.1. The molecule has 4 aliphatic rings. The summed E-state index contributed by atoms with van der Waals surface area (Å²) in [6.07, 6.45) is 24.1. The Bertz CT molecular complexity index is 1950. The second kappa shape index (κ2) is 21.1. The highest BCUT2D eigenvalue weighted by atomic mass is 31.1. The third kappa shape index (κ3) is 10.9. The molecular weight excluding hydrogens is 778 g/mol. The molecule has 0 heterocycles. The fourth-order valence-electron chi connectivity index (χ4n) is 9.86. The number of nitrogens with two attached hydrogens (primary N) is 1. The maximum atomic E-state index is 11.1. The average Bonchev–Trinajstić information content (AvgIpc) is 3.31. The van der Waals surface area contributed by atoms with Gasteiger partial charge in [-0.3, -0.25) is 0 Å². The standard InChI is InChI=1S/C48H60N2O7P2/c49-53-39-25-27-41(28-26-39)55-59-57-48-44(35-17-9-3-10-18-35)31-42(52-38-19-11-4-12-20-38)32-46(48)45-30-36(33-13-5-1-6-14-33)29-43(34-15-7-2-8-16-34)47(45)56-58-54-40-23-21-37(50-51)22-24-40/h21-35,38,58-59H,1-20,49H2. The van der Waals surface area contributed by atoms with E-state index in [-0.39, 0.29) is 24.2 Å². The van der Waals surface area contributed by atoms with Crippen LogP contribution in [-0.4, -0.2) is 6.10 Å². The number of rotatable bonds is 16. The quantitative estimate of drug-likeness (QED) is 0.0675. The van der Waals surface area contributed by atoms with E-state index < -0.39 is 0 Å². The summed E-state index contributed by atoms with van der Waals surface area (Å²) >= 11 is 0. The van der Waals surface area contributed by atoms with Gasteiger partial charge in [-0.25, -0.2) is 0 Å². The molecule has 11 heteroatoms. The summed E-state index contributed by atoms with van der Waals surface area (Å²) in [6.45, 7) is 0. The van der Waals surface area contributed by atoms with Gasteiger partial charge < -0.3 is 27.7 Å². The lowest BCUT2D eigenvalue weighted by Crippen LogP contribution is -2.20. The van der Waals surface area contributed by atoms with Gasteiger partial charge in [0.2, 0.25) is 0 Å². The normalized spacial score (nSPS) is 18.9. The molecule has 0 bridgehead atoms. The van der Waals surface area contributed by atoms with E-state index in [9.17, 15) is 4.91 Å². The van der Waals surface area contributed by atoms with E-state index >= 15 is 0 Å². The molecule has 4 fully saturated rings. The van der Waals surface area contributed by atoms with Crippen LogP contribution in [0, 0.1) is 4.91 Å². The molecule has 314 valence electrons. The number of benzene rings is 4. The van der Waals surface area contributed by atoms with Crippen LogP contribution in [0.2, 0.25) is 0 Å². The Morgan fingerprint density at radius 1 is 0.475 bits per heavy atom. The molecule has 4 saturated carbocycles. The highest BCUT2D eigenvalue weighted by molar-refractivity contribution is 7.27. The maximum absolute atomic E-state index is 11.1. The van der Waals surface area contributed by atoms with Crippen LogP contribution in [0.3, 0.4) is 0 Å². The number of nitrogens with zero attached hydrogens (tertiary/aromatic N) is 1.